The molecule has 0 aromatic heterocycles. The Morgan fingerprint density at radius 2 is 1.16 bits per heavy atom. The van der Waals surface area contributed by atoms with Crippen molar-refractivity contribution in [2.24, 2.45) is 5.41 Å². The van der Waals surface area contributed by atoms with Crippen LogP contribution in [0.4, 0.5) is 0 Å². The SMILES string of the molecule is CCCCCCCCCCCCC(C)(C)CCCCOS(=O)(=O)O.N. The lowest BCUT2D eigenvalue weighted by Crippen LogP contribution is -2.12. The number of hydrogen-bond donors (Lipinski definition) is 2. The van der Waals surface area contributed by atoms with Crippen molar-refractivity contribution < 1.29 is 17.2 Å². The van der Waals surface area contributed by atoms with Crippen LogP contribution in [0.1, 0.15) is 111 Å². The zero-order valence-electron chi connectivity index (χ0n) is 16.9. The quantitative estimate of drug-likeness (QED) is 0.222. The summed E-state index contributed by atoms with van der Waals surface area (Å²) in [6, 6.07) is 0. The van der Waals surface area contributed by atoms with Crippen LogP contribution < -0.4 is 6.15 Å². The summed E-state index contributed by atoms with van der Waals surface area (Å²) in [5, 5.41) is 0. The Bertz CT molecular complexity index is 383. The highest BCUT2D eigenvalue weighted by Gasteiger charge is 2.16. The van der Waals surface area contributed by atoms with Gasteiger partial charge in [-0.15, -0.1) is 0 Å². The van der Waals surface area contributed by atoms with Crippen molar-refractivity contribution >= 4 is 10.4 Å². The Labute approximate surface area is 156 Å². The molecule has 4 N–H and O–H groups in total. The fraction of sp³-hybridized carbons (Fsp3) is 1.00. The van der Waals surface area contributed by atoms with E-state index in [1.807, 2.05) is 0 Å². The third-order valence-electron chi connectivity index (χ3n) is 4.69. The Morgan fingerprint density at radius 3 is 1.60 bits per heavy atom. The monoisotopic (exact) mass is 381 g/mol. The summed E-state index contributed by atoms with van der Waals surface area (Å²) in [6.07, 6.45) is 17.5. The standard InChI is InChI=1S/C19H40O4S.H3N/c1-4-5-6-7-8-9-10-11-12-13-16-19(2,3)17-14-15-18-23-24(20,21)22;/h4-18H2,1-3H3,(H,20,21,22);1H3. The van der Waals surface area contributed by atoms with Crippen molar-refractivity contribution in [1.29, 1.82) is 0 Å². The van der Waals surface area contributed by atoms with Crippen molar-refractivity contribution in [2.75, 3.05) is 6.61 Å². The van der Waals surface area contributed by atoms with Crippen molar-refractivity contribution in [3.05, 3.63) is 0 Å². The van der Waals surface area contributed by atoms with Gasteiger partial charge in [0.05, 0.1) is 6.61 Å². The molecule has 0 rings (SSSR count). The Kier molecular flexibility index (Phi) is 17.4. The normalized spacial score (nSPS) is 12.2. The molecule has 0 saturated heterocycles. The van der Waals surface area contributed by atoms with E-state index in [0.717, 1.165) is 12.8 Å². The lowest BCUT2D eigenvalue weighted by molar-refractivity contribution is 0.241. The maximum atomic E-state index is 10.4. The second kappa shape index (κ2) is 16.0. The highest BCUT2D eigenvalue weighted by Crippen LogP contribution is 2.30. The van der Waals surface area contributed by atoms with Crippen LogP contribution in [0.5, 0.6) is 0 Å². The average Bonchev–Trinajstić information content (AvgIpc) is 2.47. The fourth-order valence-corrected chi connectivity index (χ4v) is 3.41. The van der Waals surface area contributed by atoms with Crippen LogP contribution in [-0.2, 0) is 14.6 Å². The molecule has 0 aromatic carbocycles. The van der Waals surface area contributed by atoms with Crippen molar-refractivity contribution in [2.45, 2.75) is 111 Å². The molecular formula is C19H43NO4S. The predicted molar refractivity (Wildman–Crippen MR) is 107 cm³/mol. The molecule has 0 aliphatic heterocycles. The topological polar surface area (TPSA) is 98.6 Å². The second-order valence-electron chi connectivity index (χ2n) is 7.80. The van der Waals surface area contributed by atoms with Gasteiger partial charge in [0.15, 0.2) is 0 Å². The molecule has 0 heterocycles. The van der Waals surface area contributed by atoms with Crippen LogP contribution >= 0.6 is 0 Å². The minimum atomic E-state index is -4.27. The van der Waals surface area contributed by atoms with Gasteiger partial charge in [-0.05, 0) is 24.7 Å². The molecule has 0 saturated carbocycles. The molecule has 0 radical (unpaired) electrons. The molecule has 0 atom stereocenters. The van der Waals surface area contributed by atoms with Gasteiger partial charge >= 0.3 is 10.4 Å². The van der Waals surface area contributed by atoms with E-state index in [2.05, 4.69) is 25.0 Å². The van der Waals surface area contributed by atoms with Crippen LogP contribution in [0, 0.1) is 5.41 Å². The molecule has 6 heteroatoms. The molecule has 0 bridgehead atoms. The summed E-state index contributed by atoms with van der Waals surface area (Å²) >= 11 is 0. The van der Waals surface area contributed by atoms with Crippen LogP contribution in [0.15, 0.2) is 0 Å². The van der Waals surface area contributed by atoms with Crippen molar-refractivity contribution in [1.82, 2.24) is 6.15 Å². The molecule has 25 heavy (non-hydrogen) atoms. The maximum Gasteiger partial charge on any atom is 0.397 e. The fourth-order valence-electron chi connectivity index (χ4n) is 3.09. The third-order valence-corrected chi connectivity index (χ3v) is 5.15. The van der Waals surface area contributed by atoms with Gasteiger partial charge in [-0.3, -0.25) is 4.55 Å². The van der Waals surface area contributed by atoms with Crippen molar-refractivity contribution in [3.8, 4) is 0 Å². The lowest BCUT2D eigenvalue weighted by atomic mass is 9.82. The van der Waals surface area contributed by atoms with Gasteiger partial charge in [0.2, 0.25) is 0 Å². The summed E-state index contributed by atoms with van der Waals surface area (Å²) in [4.78, 5) is 0. The second-order valence-corrected chi connectivity index (χ2v) is 8.89. The highest BCUT2D eigenvalue weighted by molar-refractivity contribution is 7.80. The molecular weight excluding hydrogens is 338 g/mol. The van der Waals surface area contributed by atoms with Gasteiger partial charge in [0.25, 0.3) is 0 Å². The van der Waals surface area contributed by atoms with Crippen LogP contribution in [0.3, 0.4) is 0 Å². The average molecular weight is 382 g/mol. The lowest BCUT2D eigenvalue weighted by Gasteiger charge is -2.24. The largest absolute Gasteiger partial charge is 0.397 e. The highest BCUT2D eigenvalue weighted by atomic mass is 32.3. The minimum absolute atomic E-state index is 0. The van der Waals surface area contributed by atoms with E-state index in [9.17, 15) is 8.42 Å². The van der Waals surface area contributed by atoms with Gasteiger partial charge in [0, 0.05) is 0 Å². The number of rotatable bonds is 17. The van der Waals surface area contributed by atoms with Gasteiger partial charge in [0.1, 0.15) is 0 Å². The first kappa shape index (κ1) is 27.1. The third kappa shape index (κ3) is 21.8. The molecule has 0 aromatic rings. The number of unbranched alkanes of at least 4 members (excludes halogenated alkanes) is 10. The molecule has 0 spiro atoms. The predicted octanol–water partition coefficient (Wildman–Crippen LogP) is 6.48. The Balaban J connectivity index is 0. The first-order chi connectivity index (χ1) is 11.3. The Morgan fingerprint density at radius 1 is 0.760 bits per heavy atom. The molecule has 0 aliphatic carbocycles. The van der Waals surface area contributed by atoms with Gasteiger partial charge in [-0.2, -0.15) is 8.42 Å². The molecule has 0 amide bonds. The van der Waals surface area contributed by atoms with E-state index in [1.54, 1.807) is 0 Å². The van der Waals surface area contributed by atoms with Gasteiger partial charge in [-0.1, -0.05) is 91.4 Å². The van der Waals surface area contributed by atoms with E-state index in [1.165, 1.54) is 70.6 Å². The van der Waals surface area contributed by atoms with E-state index in [4.69, 9.17) is 4.55 Å². The van der Waals surface area contributed by atoms with E-state index in [-0.39, 0.29) is 12.8 Å². The summed E-state index contributed by atoms with van der Waals surface area (Å²) in [7, 11) is -4.27. The summed E-state index contributed by atoms with van der Waals surface area (Å²) in [5.74, 6) is 0. The maximum absolute atomic E-state index is 10.4. The zero-order valence-corrected chi connectivity index (χ0v) is 17.7. The summed E-state index contributed by atoms with van der Waals surface area (Å²) in [5.41, 5.74) is 0.304. The van der Waals surface area contributed by atoms with Crippen LogP contribution in [0.25, 0.3) is 0 Å². The zero-order chi connectivity index (χ0) is 18.3. The summed E-state index contributed by atoms with van der Waals surface area (Å²) < 4.78 is 33.7. The Hall–Kier alpha value is -0.170. The molecule has 0 aliphatic rings. The number of hydrogen-bond acceptors (Lipinski definition) is 4. The summed E-state index contributed by atoms with van der Waals surface area (Å²) in [6.45, 7) is 6.90. The van der Waals surface area contributed by atoms with Crippen molar-refractivity contribution in [3.63, 3.8) is 0 Å². The van der Waals surface area contributed by atoms with Crippen LogP contribution in [-0.4, -0.2) is 19.6 Å². The molecule has 154 valence electrons. The first-order valence-corrected chi connectivity index (χ1v) is 11.3. The van der Waals surface area contributed by atoms with Crippen LogP contribution in [0.2, 0.25) is 0 Å². The molecule has 0 fully saturated rings. The van der Waals surface area contributed by atoms with E-state index in [0.29, 0.717) is 11.8 Å². The molecule has 5 nitrogen and oxygen atoms in total. The minimum Gasteiger partial charge on any atom is -0.344 e. The first-order valence-electron chi connectivity index (χ1n) is 9.89. The smallest absolute Gasteiger partial charge is 0.344 e. The van der Waals surface area contributed by atoms with Gasteiger partial charge < -0.3 is 6.15 Å². The molecule has 0 unspecified atom stereocenters. The van der Waals surface area contributed by atoms with E-state index < -0.39 is 10.4 Å². The van der Waals surface area contributed by atoms with Gasteiger partial charge in [-0.25, -0.2) is 4.18 Å². The van der Waals surface area contributed by atoms with E-state index >= 15 is 0 Å².